The van der Waals surface area contributed by atoms with E-state index in [4.69, 9.17) is 5.26 Å². The Labute approximate surface area is 254 Å². The molecule has 1 saturated heterocycles. The number of imidazole rings is 1. The highest BCUT2D eigenvalue weighted by molar-refractivity contribution is 7.08. The number of hydrogen-bond donors (Lipinski definition) is 0. The number of nitrogens with zero attached hydrogens (tertiary/aromatic N) is 6. The van der Waals surface area contributed by atoms with Crippen LogP contribution in [0.15, 0.2) is 108 Å². The first kappa shape index (κ1) is 27.9. The van der Waals surface area contributed by atoms with Gasteiger partial charge in [0, 0.05) is 61.2 Å². The Balaban J connectivity index is 1.19. The van der Waals surface area contributed by atoms with Crippen molar-refractivity contribution in [1.29, 1.82) is 5.26 Å². The van der Waals surface area contributed by atoms with Gasteiger partial charge in [0.05, 0.1) is 35.8 Å². The Morgan fingerprint density at radius 1 is 0.884 bits per heavy atom. The van der Waals surface area contributed by atoms with Crippen LogP contribution in [0.3, 0.4) is 0 Å². The molecule has 9 heteroatoms. The van der Waals surface area contributed by atoms with Gasteiger partial charge in [0.25, 0.3) is 11.8 Å². The smallest absolute Gasteiger partial charge is 0.258 e. The van der Waals surface area contributed by atoms with E-state index in [1.54, 1.807) is 29.6 Å². The highest BCUT2D eigenvalue weighted by Crippen LogP contribution is 2.26. The van der Waals surface area contributed by atoms with E-state index in [9.17, 15) is 9.59 Å². The van der Waals surface area contributed by atoms with Crippen LogP contribution >= 0.6 is 11.3 Å². The van der Waals surface area contributed by atoms with Crippen LogP contribution in [-0.4, -0.2) is 52.4 Å². The van der Waals surface area contributed by atoms with Crippen LogP contribution in [0.1, 0.15) is 37.5 Å². The van der Waals surface area contributed by atoms with Crippen LogP contribution in [0.25, 0.3) is 0 Å². The fraction of sp³-hybridized carbons (Fsp3) is 0.176. The second-order valence-corrected chi connectivity index (χ2v) is 11.2. The molecule has 43 heavy (non-hydrogen) atoms. The number of benzene rings is 3. The summed E-state index contributed by atoms with van der Waals surface area (Å²) in [6, 6.07) is 28.9. The van der Waals surface area contributed by atoms with Gasteiger partial charge in [-0.3, -0.25) is 9.59 Å². The average Bonchev–Trinajstić information content (AvgIpc) is 3.77. The third-order valence-electron chi connectivity index (χ3n) is 7.68. The van der Waals surface area contributed by atoms with Gasteiger partial charge in [-0.1, -0.05) is 30.3 Å². The number of nitriles is 1. The van der Waals surface area contributed by atoms with E-state index in [1.807, 2.05) is 93.0 Å². The summed E-state index contributed by atoms with van der Waals surface area (Å²) in [4.78, 5) is 36.9. The maximum Gasteiger partial charge on any atom is 0.258 e. The van der Waals surface area contributed by atoms with Crippen LogP contribution in [0.2, 0.25) is 0 Å². The molecule has 0 N–H and O–H groups in total. The Morgan fingerprint density at radius 3 is 2.30 bits per heavy atom. The van der Waals surface area contributed by atoms with Crippen molar-refractivity contribution in [1.82, 2.24) is 14.5 Å². The summed E-state index contributed by atoms with van der Waals surface area (Å²) in [6.07, 6.45) is 3.56. The first-order valence-electron chi connectivity index (χ1n) is 14.1. The highest BCUT2D eigenvalue weighted by atomic mass is 32.1. The number of rotatable bonds is 8. The summed E-state index contributed by atoms with van der Waals surface area (Å²) >= 11 is 1.54. The molecule has 1 aliphatic heterocycles. The molecule has 2 amide bonds. The molecule has 5 aromatic rings. The number of carbonyl (C=O) groups excluding carboxylic acids is 2. The van der Waals surface area contributed by atoms with E-state index >= 15 is 0 Å². The SMILES string of the molecule is N#Cc1ccc(Cn2cncc2CN(C(=O)c2ccccc2)c2ccc(N3CCN(C(=O)c4ccsc4)CC3)cc2)cc1. The summed E-state index contributed by atoms with van der Waals surface area (Å²) in [5.41, 5.74) is 5.76. The number of anilines is 2. The molecule has 8 nitrogen and oxygen atoms in total. The molecule has 0 radical (unpaired) electrons. The number of piperazine rings is 1. The molecule has 214 valence electrons. The molecular formula is C34H30N6O2S. The minimum Gasteiger partial charge on any atom is -0.368 e. The minimum absolute atomic E-state index is 0.0877. The molecule has 0 spiro atoms. The third kappa shape index (κ3) is 6.35. The lowest BCUT2D eigenvalue weighted by molar-refractivity contribution is 0.0747. The summed E-state index contributed by atoms with van der Waals surface area (Å²) < 4.78 is 2.03. The van der Waals surface area contributed by atoms with Crippen molar-refractivity contribution < 1.29 is 9.59 Å². The molecule has 0 bridgehead atoms. The largest absolute Gasteiger partial charge is 0.368 e. The van der Waals surface area contributed by atoms with Gasteiger partial charge in [-0.15, -0.1) is 0 Å². The minimum atomic E-state index is -0.0972. The van der Waals surface area contributed by atoms with Gasteiger partial charge in [0.15, 0.2) is 0 Å². The predicted octanol–water partition coefficient (Wildman–Crippen LogP) is 5.67. The van der Waals surface area contributed by atoms with E-state index in [-0.39, 0.29) is 11.8 Å². The Morgan fingerprint density at radius 2 is 1.63 bits per heavy atom. The second-order valence-electron chi connectivity index (χ2n) is 10.4. The Hall–Kier alpha value is -5.20. The first-order valence-corrected chi connectivity index (χ1v) is 15.0. The molecule has 3 heterocycles. The van der Waals surface area contributed by atoms with E-state index < -0.39 is 0 Å². The topological polar surface area (TPSA) is 85.5 Å². The van der Waals surface area contributed by atoms with Crippen LogP contribution in [0, 0.1) is 11.3 Å². The lowest BCUT2D eigenvalue weighted by Gasteiger charge is -2.36. The van der Waals surface area contributed by atoms with E-state index in [2.05, 4.69) is 16.0 Å². The Bertz CT molecular complexity index is 1720. The molecule has 0 atom stereocenters. The number of hydrogen-bond acceptors (Lipinski definition) is 6. The fourth-order valence-corrected chi connectivity index (χ4v) is 5.89. The molecule has 0 aliphatic carbocycles. The third-order valence-corrected chi connectivity index (χ3v) is 8.37. The zero-order valence-electron chi connectivity index (χ0n) is 23.5. The van der Waals surface area contributed by atoms with Crippen molar-refractivity contribution in [3.63, 3.8) is 0 Å². The molecule has 3 aromatic carbocycles. The van der Waals surface area contributed by atoms with Crippen molar-refractivity contribution >= 4 is 34.5 Å². The van der Waals surface area contributed by atoms with E-state index in [1.165, 1.54) is 11.3 Å². The zero-order valence-corrected chi connectivity index (χ0v) is 24.4. The number of amides is 2. The molecule has 0 unspecified atom stereocenters. The average molecular weight is 587 g/mol. The molecule has 0 saturated carbocycles. The molecular weight excluding hydrogens is 556 g/mol. The van der Waals surface area contributed by atoms with Gasteiger partial charge in [-0.05, 0) is 65.5 Å². The van der Waals surface area contributed by atoms with Crippen molar-refractivity contribution in [2.45, 2.75) is 13.1 Å². The quantitative estimate of drug-likeness (QED) is 0.234. The molecule has 2 aromatic heterocycles. The monoisotopic (exact) mass is 586 g/mol. The summed E-state index contributed by atoms with van der Waals surface area (Å²) in [5, 5.41) is 12.9. The zero-order chi connectivity index (χ0) is 29.6. The van der Waals surface area contributed by atoms with Gasteiger partial charge in [-0.2, -0.15) is 16.6 Å². The molecule has 1 fully saturated rings. The lowest BCUT2D eigenvalue weighted by Crippen LogP contribution is -2.48. The van der Waals surface area contributed by atoms with Crippen molar-refractivity contribution in [2.75, 3.05) is 36.0 Å². The van der Waals surface area contributed by atoms with Crippen molar-refractivity contribution in [2.24, 2.45) is 0 Å². The highest BCUT2D eigenvalue weighted by Gasteiger charge is 2.24. The summed E-state index contributed by atoms with van der Waals surface area (Å²) in [6.45, 7) is 3.74. The van der Waals surface area contributed by atoms with Crippen LogP contribution in [-0.2, 0) is 13.1 Å². The standard InChI is InChI=1S/C34H30N6O2S/c35-20-26-6-8-27(9-7-26)22-39-25-36-21-32(39)23-40(34(42)28-4-2-1-3-5-28)31-12-10-30(11-13-31)37-15-17-38(18-16-37)33(41)29-14-19-43-24-29/h1-14,19,21,24-25H,15-18,22-23H2. The molecule has 6 rings (SSSR count). The fourth-order valence-electron chi connectivity index (χ4n) is 5.26. The number of aromatic nitrogens is 2. The normalized spacial score (nSPS) is 13.0. The molecule has 1 aliphatic rings. The first-order chi connectivity index (χ1) is 21.1. The van der Waals surface area contributed by atoms with Gasteiger partial charge >= 0.3 is 0 Å². The van der Waals surface area contributed by atoms with Crippen molar-refractivity contribution in [3.05, 3.63) is 136 Å². The predicted molar refractivity (Wildman–Crippen MR) is 168 cm³/mol. The van der Waals surface area contributed by atoms with Crippen LogP contribution < -0.4 is 9.80 Å². The maximum atomic E-state index is 13.8. The van der Waals surface area contributed by atoms with Crippen LogP contribution in [0.5, 0.6) is 0 Å². The maximum absolute atomic E-state index is 13.8. The Kier molecular flexibility index (Phi) is 8.29. The van der Waals surface area contributed by atoms with Gasteiger partial charge in [0.1, 0.15) is 0 Å². The summed E-state index contributed by atoms with van der Waals surface area (Å²) in [5.74, 6) is -0.00947. The van der Waals surface area contributed by atoms with E-state index in [0.717, 1.165) is 41.3 Å². The van der Waals surface area contributed by atoms with Gasteiger partial charge < -0.3 is 19.3 Å². The number of thiophene rings is 1. The van der Waals surface area contributed by atoms with Crippen molar-refractivity contribution in [3.8, 4) is 6.07 Å². The second kappa shape index (κ2) is 12.8. The van der Waals surface area contributed by atoms with Gasteiger partial charge in [0.2, 0.25) is 0 Å². The van der Waals surface area contributed by atoms with Crippen LogP contribution in [0.4, 0.5) is 11.4 Å². The summed E-state index contributed by atoms with van der Waals surface area (Å²) in [7, 11) is 0. The van der Waals surface area contributed by atoms with Gasteiger partial charge in [-0.25, -0.2) is 4.98 Å². The van der Waals surface area contributed by atoms with E-state index in [0.29, 0.717) is 37.3 Å². The lowest BCUT2D eigenvalue weighted by atomic mass is 10.1. The number of carbonyl (C=O) groups is 2.